The molecule has 1 aromatic heterocycles. The minimum absolute atomic E-state index is 0.258. The number of hydrogen-bond acceptors (Lipinski definition) is 2. The highest BCUT2D eigenvalue weighted by Gasteiger charge is 2.08. The van der Waals surface area contributed by atoms with Gasteiger partial charge in [-0.1, -0.05) is 13.3 Å². The highest BCUT2D eigenvalue weighted by Crippen LogP contribution is 2.19. The molecule has 0 fully saturated rings. The van der Waals surface area contributed by atoms with E-state index in [1.165, 1.54) is 5.56 Å². The van der Waals surface area contributed by atoms with Gasteiger partial charge in [-0.05, 0) is 43.4 Å². The van der Waals surface area contributed by atoms with Crippen LogP contribution in [0.15, 0.2) is 12.3 Å². The van der Waals surface area contributed by atoms with Crippen molar-refractivity contribution >= 4 is 17.4 Å². The quantitative estimate of drug-likeness (QED) is 0.783. The number of aromatic nitrogens is 1. The molecule has 0 aliphatic heterocycles. The summed E-state index contributed by atoms with van der Waals surface area (Å²) in [5.41, 5.74) is 8.19. The molecular weight excluding hydrogens is 208 g/mol. The van der Waals surface area contributed by atoms with Gasteiger partial charge in [-0.25, -0.2) is 4.98 Å². The van der Waals surface area contributed by atoms with Gasteiger partial charge in [0.2, 0.25) is 0 Å². The topological polar surface area (TPSA) is 38.9 Å². The van der Waals surface area contributed by atoms with Gasteiger partial charge >= 0.3 is 0 Å². The summed E-state index contributed by atoms with van der Waals surface area (Å²) in [7, 11) is 0. The van der Waals surface area contributed by atoms with E-state index in [1.807, 2.05) is 6.07 Å². The first-order valence-electron chi connectivity index (χ1n) is 5.49. The van der Waals surface area contributed by atoms with Crippen LogP contribution >= 0.6 is 11.6 Å². The Morgan fingerprint density at radius 1 is 1.47 bits per heavy atom. The van der Waals surface area contributed by atoms with Gasteiger partial charge in [0.15, 0.2) is 0 Å². The van der Waals surface area contributed by atoms with Gasteiger partial charge in [-0.2, -0.15) is 0 Å². The Balaban J connectivity index is 2.57. The maximum absolute atomic E-state index is 6.17. The molecule has 0 spiro atoms. The predicted octanol–water partition coefficient (Wildman–Crippen LogP) is 3.31. The number of alkyl halides is 1. The van der Waals surface area contributed by atoms with Crippen LogP contribution in [0.3, 0.4) is 0 Å². The van der Waals surface area contributed by atoms with Crippen molar-refractivity contribution in [2.24, 2.45) is 0 Å². The molecule has 2 nitrogen and oxygen atoms in total. The standard InChI is InChI=1S/C12H19ClN2/c1-3-4-10(13)5-6-11-9(2)7-8-15-12(11)14/h7-8,10H,3-6H2,1-2H3,(H2,14,15). The Bertz CT molecular complexity index is 292. The minimum Gasteiger partial charge on any atom is -0.383 e. The van der Waals surface area contributed by atoms with Crippen molar-refractivity contribution in [3.8, 4) is 0 Å². The number of aryl methyl sites for hydroxylation is 1. The predicted molar refractivity (Wildman–Crippen MR) is 66.3 cm³/mol. The number of hydrogen-bond donors (Lipinski definition) is 1. The number of nitrogen functional groups attached to an aromatic ring is 1. The molecule has 0 aliphatic rings. The van der Waals surface area contributed by atoms with Crippen LogP contribution in [0.5, 0.6) is 0 Å². The van der Waals surface area contributed by atoms with Crippen molar-refractivity contribution in [2.75, 3.05) is 5.73 Å². The monoisotopic (exact) mass is 226 g/mol. The minimum atomic E-state index is 0.258. The molecule has 1 rings (SSSR count). The van der Waals surface area contributed by atoms with Crippen LogP contribution in [0.2, 0.25) is 0 Å². The van der Waals surface area contributed by atoms with Crippen molar-refractivity contribution in [1.82, 2.24) is 4.98 Å². The molecule has 2 N–H and O–H groups in total. The van der Waals surface area contributed by atoms with E-state index < -0.39 is 0 Å². The van der Waals surface area contributed by atoms with Crippen molar-refractivity contribution in [3.05, 3.63) is 23.4 Å². The molecule has 3 heteroatoms. The third-order valence-corrected chi connectivity index (χ3v) is 3.07. The van der Waals surface area contributed by atoms with Gasteiger partial charge in [0.05, 0.1) is 0 Å². The van der Waals surface area contributed by atoms with E-state index in [9.17, 15) is 0 Å². The van der Waals surface area contributed by atoms with Crippen molar-refractivity contribution < 1.29 is 0 Å². The van der Waals surface area contributed by atoms with Crippen LogP contribution in [0.4, 0.5) is 5.82 Å². The molecule has 1 unspecified atom stereocenters. The summed E-state index contributed by atoms with van der Waals surface area (Å²) < 4.78 is 0. The Morgan fingerprint density at radius 2 is 2.20 bits per heavy atom. The molecule has 1 atom stereocenters. The largest absolute Gasteiger partial charge is 0.383 e. The first kappa shape index (κ1) is 12.3. The zero-order chi connectivity index (χ0) is 11.3. The zero-order valence-electron chi connectivity index (χ0n) is 9.46. The number of nitrogens with two attached hydrogens (primary N) is 1. The fraction of sp³-hybridized carbons (Fsp3) is 0.583. The SMILES string of the molecule is CCCC(Cl)CCc1c(C)ccnc1N. The van der Waals surface area contributed by atoms with Crippen LogP contribution in [0.25, 0.3) is 0 Å². The molecule has 1 heterocycles. The van der Waals surface area contributed by atoms with Crippen LogP contribution in [0, 0.1) is 6.92 Å². The fourth-order valence-corrected chi connectivity index (χ4v) is 2.02. The van der Waals surface area contributed by atoms with Gasteiger partial charge in [0, 0.05) is 11.6 Å². The number of pyridine rings is 1. The fourth-order valence-electron chi connectivity index (χ4n) is 1.69. The molecule has 0 saturated heterocycles. The van der Waals surface area contributed by atoms with Gasteiger partial charge in [-0.15, -0.1) is 11.6 Å². The summed E-state index contributed by atoms with van der Waals surface area (Å²) >= 11 is 6.17. The summed E-state index contributed by atoms with van der Waals surface area (Å²) in [6.07, 6.45) is 5.86. The number of nitrogens with zero attached hydrogens (tertiary/aromatic N) is 1. The number of anilines is 1. The first-order valence-corrected chi connectivity index (χ1v) is 5.92. The third kappa shape index (κ3) is 3.71. The second-order valence-corrected chi connectivity index (χ2v) is 4.53. The van der Waals surface area contributed by atoms with E-state index in [0.717, 1.165) is 31.2 Å². The smallest absolute Gasteiger partial charge is 0.126 e. The van der Waals surface area contributed by atoms with Crippen LogP contribution < -0.4 is 5.73 Å². The molecular formula is C12H19ClN2. The Kier molecular flexibility index (Phi) is 4.89. The molecule has 0 aromatic carbocycles. The van der Waals surface area contributed by atoms with E-state index in [1.54, 1.807) is 6.20 Å². The Labute approximate surface area is 96.8 Å². The highest BCUT2D eigenvalue weighted by atomic mass is 35.5. The first-order chi connectivity index (χ1) is 7.15. The normalized spacial score (nSPS) is 12.7. The van der Waals surface area contributed by atoms with Gasteiger partial charge in [0.25, 0.3) is 0 Å². The lowest BCUT2D eigenvalue weighted by molar-refractivity contribution is 0.674. The molecule has 0 aliphatic carbocycles. The van der Waals surface area contributed by atoms with Crippen molar-refractivity contribution in [3.63, 3.8) is 0 Å². The van der Waals surface area contributed by atoms with E-state index in [2.05, 4.69) is 18.8 Å². The maximum Gasteiger partial charge on any atom is 0.126 e. The summed E-state index contributed by atoms with van der Waals surface area (Å²) in [5, 5.41) is 0.258. The second kappa shape index (κ2) is 5.96. The lowest BCUT2D eigenvalue weighted by Crippen LogP contribution is -2.05. The summed E-state index contributed by atoms with van der Waals surface area (Å²) in [5.74, 6) is 0.648. The summed E-state index contributed by atoms with van der Waals surface area (Å²) in [6, 6.07) is 1.99. The second-order valence-electron chi connectivity index (χ2n) is 3.92. The third-order valence-electron chi connectivity index (χ3n) is 2.63. The number of halogens is 1. The maximum atomic E-state index is 6.17. The molecule has 0 bridgehead atoms. The highest BCUT2D eigenvalue weighted by molar-refractivity contribution is 6.20. The van der Waals surface area contributed by atoms with E-state index in [-0.39, 0.29) is 5.38 Å². The van der Waals surface area contributed by atoms with E-state index in [0.29, 0.717) is 5.82 Å². The van der Waals surface area contributed by atoms with Crippen LogP contribution in [-0.4, -0.2) is 10.4 Å². The van der Waals surface area contributed by atoms with Crippen molar-refractivity contribution in [2.45, 2.75) is 44.9 Å². The molecule has 0 saturated carbocycles. The Hall–Kier alpha value is -0.760. The average Bonchev–Trinajstić information content (AvgIpc) is 2.17. The average molecular weight is 227 g/mol. The van der Waals surface area contributed by atoms with E-state index in [4.69, 9.17) is 17.3 Å². The Morgan fingerprint density at radius 3 is 2.80 bits per heavy atom. The summed E-state index contributed by atoms with van der Waals surface area (Å²) in [6.45, 7) is 4.22. The molecule has 0 amide bonds. The zero-order valence-corrected chi connectivity index (χ0v) is 10.2. The summed E-state index contributed by atoms with van der Waals surface area (Å²) in [4.78, 5) is 4.10. The lowest BCUT2D eigenvalue weighted by atomic mass is 10.0. The molecule has 15 heavy (non-hydrogen) atoms. The van der Waals surface area contributed by atoms with Gasteiger partial charge in [0.1, 0.15) is 5.82 Å². The van der Waals surface area contributed by atoms with Crippen LogP contribution in [0.1, 0.15) is 37.3 Å². The number of rotatable bonds is 5. The van der Waals surface area contributed by atoms with E-state index >= 15 is 0 Å². The molecule has 84 valence electrons. The molecule has 0 radical (unpaired) electrons. The molecule has 1 aromatic rings. The van der Waals surface area contributed by atoms with Gasteiger partial charge in [-0.3, -0.25) is 0 Å². The van der Waals surface area contributed by atoms with Crippen molar-refractivity contribution in [1.29, 1.82) is 0 Å². The van der Waals surface area contributed by atoms with Crippen LogP contribution in [-0.2, 0) is 6.42 Å². The van der Waals surface area contributed by atoms with Gasteiger partial charge < -0.3 is 5.73 Å². The lowest BCUT2D eigenvalue weighted by Gasteiger charge is -2.11.